The van der Waals surface area contributed by atoms with Crippen molar-refractivity contribution in [2.24, 2.45) is 0 Å². The second kappa shape index (κ2) is 3.28. The van der Waals surface area contributed by atoms with Gasteiger partial charge in [0.25, 0.3) is 0 Å². The van der Waals surface area contributed by atoms with Crippen LogP contribution in [-0.4, -0.2) is 5.78 Å². The summed E-state index contributed by atoms with van der Waals surface area (Å²) >= 11 is 0. The van der Waals surface area contributed by atoms with E-state index in [0.29, 0.717) is 16.8 Å². The first kappa shape index (κ1) is 9.27. The predicted octanol–water partition coefficient (Wildman–Crippen LogP) is 1.65. The summed E-state index contributed by atoms with van der Waals surface area (Å²) in [4.78, 5) is 11.0. The number of nitriles is 1. The van der Waals surface area contributed by atoms with Crippen molar-refractivity contribution in [1.82, 2.24) is 0 Å². The van der Waals surface area contributed by atoms with Gasteiger partial charge >= 0.3 is 0 Å². The molecule has 0 spiro atoms. The Bertz CT molecular complexity index is 402. The van der Waals surface area contributed by atoms with Crippen LogP contribution in [0, 0.1) is 18.3 Å². The number of ketones is 1. The fourth-order valence-electron chi connectivity index (χ4n) is 1.09. The molecule has 0 amide bonds. The van der Waals surface area contributed by atoms with Gasteiger partial charge < -0.3 is 5.73 Å². The maximum absolute atomic E-state index is 11.0. The molecule has 0 unspecified atom stereocenters. The van der Waals surface area contributed by atoms with Crippen LogP contribution in [0.2, 0.25) is 0 Å². The highest BCUT2D eigenvalue weighted by Gasteiger charge is 2.06. The van der Waals surface area contributed by atoms with E-state index in [2.05, 4.69) is 0 Å². The Balaban J connectivity index is 3.41. The highest BCUT2D eigenvalue weighted by Crippen LogP contribution is 2.18. The molecule has 1 aromatic carbocycles. The normalized spacial score (nSPS) is 9.31. The minimum Gasteiger partial charge on any atom is -0.397 e. The summed E-state index contributed by atoms with van der Waals surface area (Å²) in [6, 6.07) is 5.17. The topological polar surface area (TPSA) is 66.9 Å². The molecular weight excluding hydrogens is 164 g/mol. The van der Waals surface area contributed by atoms with Gasteiger partial charge in [-0.2, -0.15) is 5.26 Å². The van der Waals surface area contributed by atoms with Gasteiger partial charge in [0, 0.05) is 5.56 Å². The SMILES string of the molecule is CC(=O)c1cc(C)c(N)c(C#N)c1. The number of anilines is 1. The number of carbonyl (C=O) groups excluding carboxylic acids is 1. The number of aryl methyl sites for hydroxylation is 1. The highest BCUT2D eigenvalue weighted by atomic mass is 16.1. The number of rotatable bonds is 1. The first-order valence-corrected chi connectivity index (χ1v) is 3.87. The molecule has 0 aliphatic heterocycles. The van der Waals surface area contributed by atoms with Gasteiger partial charge in [-0.3, -0.25) is 4.79 Å². The van der Waals surface area contributed by atoms with Crippen molar-refractivity contribution in [3.8, 4) is 6.07 Å². The molecule has 1 rings (SSSR count). The Hall–Kier alpha value is -1.82. The molecule has 66 valence electrons. The number of nitrogens with zero attached hydrogens (tertiary/aromatic N) is 1. The zero-order chi connectivity index (χ0) is 10.0. The summed E-state index contributed by atoms with van der Waals surface area (Å²) in [5.41, 5.74) is 7.74. The van der Waals surface area contributed by atoms with Crippen molar-refractivity contribution >= 4 is 11.5 Å². The average molecular weight is 174 g/mol. The molecule has 13 heavy (non-hydrogen) atoms. The van der Waals surface area contributed by atoms with Crippen LogP contribution in [0.4, 0.5) is 5.69 Å². The number of hydrogen-bond donors (Lipinski definition) is 1. The maximum atomic E-state index is 11.0. The van der Waals surface area contributed by atoms with E-state index in [4.69, 9.17) is 11.0 Å². The van der Waals surface area contributed by atoms with Crippen molar-refractivity contribution < 1.29 is 4.79 Å². The Morgan fingerprint density at radius 2 is 2.15 bits per heavy atom. The molecule has 0 aliphatic rings. The molecule has 0 aromatic heterocycles. The third-order valence-corrected chi connectivity index (χ3v) is 1.91. The smallest absolute Gasteiger partial charge is 0.159 e. The minimum absolute atomic E-state index is 0.0559. The fourth-order valence-corrected chi connectivity index (χ4v) is 1.09. The molecule has 0 heterocycles. The monoisotopic (exact) mass is 174 g/mol. The van der Waals surface area contributed by atoms with E-state index in [9.17, 15) is 4.79 Å². The van der Waals surface area contributed by atoms with Crippen LogP contribution in [0.5, 0.6) is 0 Å². The van der Waals surface area contributed by atoms with Gasteiger partial charge in [-0.15, -0.1) is 0 Å². The van der Waals surface area contributed by atoms with E-state index in [1.165, 1.54) is 13.0 Å². The van der Waals surface area contributed by atoms with E-state index in [0.717, 1.165) is 5.56 Å². The van der Waals surface area contributed by atoms with E-state index in [-0.39, 0.29) is 5.78 Å². The molecule has 2 N–H and O–H groups in total. The van der Waals surface area contributed by atoms with Crippen LogP contribution in [-0.2, 0) is 0 Å². The van der Waals surface area contributed by atoms with Gasteiger partial charge in [0.05, 0.1) is 11.3 Å². The first-order valence-electron chi connectivity index (χ1n) is 3.87. The average Bonchev–Trinajstić information content (AvgIpc) is 2.09. The summed E-state index contributed by atoms with van der Waals surface area (Å²) in [5.74, 6) is -0.0559. The van der Waals surface area contributed by atoms with Crippen LogP contribution >= 0.6 is 0 Å². The Kier molecular flexibility index (Phi) is 2.34. The van der Waals surface area contributed by atoms with Crippen molar-refractivity contribution in [1.29, 1.82) is 5.26 Å². The Morgan fingerprint density at radius 3 is 2.62 bits per heavy atom. The van der Waals surface area contributed by atoms with Crippen LogP contribution in [0.1, 0.15) is 28.4 Å². The molecule has 0 bridgehead atoms. The van der Waals surface area contributed by atoms with E-state index in [1.807, 2.05) is 6.07 Å². The summed E-state index contributed by atoms with van der Waals surface area (Å²) in [6.07, 6.45) is 0. The number of hydrogen-bond acceptors (Lipinski definition) is 3. The quantitative estimate of drug-likeness (QED) is 0.520. The molecule has 1 aromatic rings. The molecule has 0 fully saturated rings. The Morgan fingerprint density at radius 1 is 1.54 bits per heavy atom. The molecule has 0 saturated carbocycles. The van der Waals surface area contributed by atoms with Crippen LogP contribution in [0.25, 0.3) is 0 Å². The lowest BCUT2D eigenvalue weighted by atomic mass is 10.0. The molecular formula is C10H10N2O. The van der Waals surface area contributed by atoms with E-state index < -0.39 is 0 Å². The standard InChI is InChI=1S/C10H10N2O/c1-6-3-8(7(2)13)4-9(5-11)10(6)12/h3-4H,12H2,1-2H3. The predicted molar refractivity (Wildman–Crippen MR) is 50.3 cm³/mol. The van der Waals surface area contributed by atoms with Gasteiger partial charge in [0.15, 0.2) is 5.78 Å². The number of benzene rings is 1. The summed E-state index contributed by atoms with van der Waals surface area (Å²) in [5, 5.41) is 8.71. The summed E-state index contributed by atoms with van der Waals surface area (Å²) in [7, 11) is 0. The van der Waals surface area contributed by atoms with Gasteiger partial charge in [0.1, 0.15) is 6.07 Å². The summed E-state index contributed by atoms with van der Waals surface area (Å²) < 4.78 is 0. The number of nitrogen functional groups attached to an aromatic ring is 1. The van der Waals surface area contributed by atoms with Gasteiger partial charge in [-0.25, -0.2) is 0 Å². The third-order valence-electron chi connectivity index (χ3n) is 1.91. The van der Waals surface area contributed by atoms with Crippen molar-refractivity contribution in [2.45, 2.75) is 13.8 Å². The van der Waals surface area contributed by atoms with Crippen molar-refractivity contribution in [3.63, 3.8) is 0 Å². The molecule has 0 saturated heterocycles. The number of carbonyl (C=O) groups is 1. The second-order valence-electron chi connectivity index (χ2n) is 2.92. The molecule has 3 heteroatoms. The first-order chi connectivity index (χ1) is 6.06. The largest absolute Gasteiger partial charge is 0.397 e. The Labute approximate surface area is 76.8 Å². The van der Waals surface area contributed by atoms with Crippen LogP contribution in [0.3, 0.4) is 0 Å². The zero-order valence-corrected chi connectivity index (χ0v) is 7.59. The highest BCUT2D eigenvalue weighted by molar-refractivity contribution is 5.95. The van der Waals surface area contributed by atoms with E-state index >= 15 is 0 Å². The lowest BCUT2D eigenvalue weighted by Gasteiger charge is -2.04. The minimum atomic E-state index is -0.0559. The van der Waals surface area contributed by atoms with E-state index in [1.54, 1.807) is 13.0 Å². The van der Waals surface area contributed by atoms with Crippen LogP contribution in [0.15, 0.2) is 12.1 Å². The maximum Gasteiger partial charge on any atom is 0.159 e. The summed E-state index contributed by atoms with van der Waals surface area (Å²) in [6.45, 7) is 3.24. The lowest BCUT2D eigenvalue weighted by molar-refractivity contribution is 0.101. The van der Waals surface area contributed by atoms with Gasteiger partial charge in [-0.05, 0) is 31.5 Å². The molecule has 0 atom stereocenters. The van der Waals surface area contributed by atoms with Crippen LogP contribution < -0.4 is 5.73 Å². The van der Waals surface area contributed by atoms with Gasteiger partial charge in [-0.1, -0.05) is 0 Å². The molecule has 0 radical (unpaired) electrons. The van der Waals surface area contributed by atoms with Gasteiger partial charge in [0.2, 0.25) is 0 Å². The third kappa shape index (κ3) is 1.67. The number of Topliss-reactive ketones (excluding diaryl/α,β-unsaturated/α-hetero) is 1. The molecule has 0 aliphatic carbocycles. The lowest BCUT2D eigenvalue weighted by Crippen LogP contribution is -1.99. The second-order valence-corrected chi connectivity index (χ2v) is 2.92. The molecule has 3 nitrogen and oxygen atoms in total. The fraction of sp³-hybridized carbons (Fsp3) is 0.200. The number of nitrogens with two attached hydrogens (primary N) is 1. The van der Waals surface area contributed by atoms with Crippen molar-refractivity contribution in [2.75, 3.05) is 5.73 Å². The zero-order valence-electron chi connectivity index (χ0n) is 7.59. The van der Waals surface area contributed by atoms with Crippen molar-refractivity contribution in [3.05, 3.63) is 28.8 Å².